The largest absolute Gasteiger partial charge is 0.208 e. The summed E-state index contributed by atoms with van der Waals surface area (Å²) in [5.41, 5.74) is 4.16. The van der Waals surface area contributed by atoms with Gasteiger partial charge >= 0.3 is 0 Å². The number of hydrogen-bond acceptors (Lipinski definition) is 3. The van der Waals surface area contributed by atoms with E-state index in [4.69, 9.17) is 15.0 Å². The van der Waals surface area contributed by atoms with Crippen molar-refractivity contribution in [1.82, 2.24) is 15.0 Å². The van der Waals surface area contributed by atoms with Crippen molar-refractivity contribution >= 4 is 0 Å². The quantitative estimate of drug-likeness (QED) is 0.521. The maximum atomic E-state index is 4.71. The minimum absolute atomic E-state index is 0.685. The van der Waals surface area contributed by atoms with E-state index in [9.17, 15) is 0 Å². The highest BCUT2D eigenvalue weighted by atomic mass is 15.0. The Kier molecular flexibility index (Phi) is 4.05. The van der Waals surface area contributed by atoms with Crippen LogP contribution in [0, 0.1) is 6.92 Å². The summed E-state index contributed by atoms with van der Waals surface area (Å²) in [4.78, 5) is 14.1. The van der Waals surface area contributed by atoms with Gasteiger partial charge in [0.15, 0.2) is 17.5 Å². The number of aryl methyl sites for hydroxylation is 1. The van der Waals surface area contributed by atoms with Crippen LogP contribution >= 0.6 is 0 Å². The zero-order valence-electron chi connectivity index (χ0n) is 13.9. The Morgan fingerprint density at radius 1 is 0.440 bits per heavy atom. The van der Waals surface area contributed by atoms with Crippen LogP contribution in [0.3, 0.4) is 0 Å². The summed E-state index contributed by atoms with van der Waals surface area (Å²) in [7, 11) is 0. The van der Waals surface area contributed by atoms with Crippen molar-refractivity contribution < 1.29 is 0 Å². The second-order valence-electron chi connectivity index (χ2n) is 5.90. The molecule has 3 aromatic carbocycles. The van der Waals surface area contributed by atoms with Gasteiger partial charge in [-0.1, -0.05) is 90.5 Å². The molecular weight excluding hydrogens is 306 g/mol. The summed E-state index contributed by atoms with van der Waals surface area (Å²) >= 11 is 0. The summed E-state index contributed by atoms with van der Waals surface area (Å²) in [5.74, 6) is 2.06. The molecule has 1 aromatic heterocycles. The van der Waals surface area contributed by atoms with Gasteiger partial charge in [-0.3, -0.25) is 0 Å². The third kappa shape index (κ3) is 3.31. The van der Waals surface area contributed by atoms with Crippen LogP contribution in [0.2, 0.25) is 0 Å². The lowest BCUT2D eigenvalue weighted by Gasteiger charge is -2.08. The van der Waals surface area contributed by atoms with Gasteiger partial charge in [-0.25, -0.2) is 15.0 Å². The summed E-state index contributed by atoms with van der Waals surface area (Å²) in [5, 5.41) is 0. The molecule has 120 valence electrons. The van der Waals surface area contributed by atoms with Crippen molar-refractivity contribution in [2.45, 2.75) is 6.92 Å². The Hall–Kier alpha value is -3.33. The van der Waals surface area contributed by atoms with Crippen molar-refractivity contribution in [1.29, 1.82) is 0 Å². The SMILES string of the molecule is Cc1ccc(-c2nc(-c3ccccc3)nc(-c3ccccc3)n2)cc1. The van der Waals surface area contributed by atoms with E-state index in [1.165, 1.54) is 5.56 Å². The first-order valence-corrected chi connectivity index (χ1v) is 8.23. The predicted octanol–water partition coefficient (Wildman–Crippen LogP) is 5.18. The molecule has 0 N–H and O–H groups in total. The molecule has 1 heterocycles. The zero-order chi connectivity index (χ0) is 17.1. The standard InChI is InChI=1S/C22H17N3/c1-16-12-14-19(15-13-16)22-24-20(17-8-4-2-5-9-17)23-21(25-22)18-10-6-3-7-11-18/h2-15H,1H3. The van der Waals surface area contributed by atoms with Crippen molar-refractivity contribution in [3.63, 3.8) is 0 Å². The summed E-state index contributed by atoms with van der Waals surface area (Å²) < 4.78 is 0. The maximum Gasteiger partial charge on any atom is 0.164 e. The molecule has 0 aliphatic heterocycles. The van der Waals surface area contributed by atoms with Gasteiger partial charge in [-0.05, 0) is 6.92 Å². The van der Waals surface area contributed by atoms with Gasteiger partial charge in [0.1, 0.15) is 0 Å². The molecule has 0 saturated heterocycles. The number of benzene rings is 3. The highest BCUT2D eigenvalue weighted by Crippen LogP contribution is 2.24. The highest BCUT2D eigenvalue weighted by molar-refractivity contribution is 5.66. The molecule has 0 amide bonds. The van der Waals surface area contributed by atoms with E-state index in [0.29, 0.717) is 17.5 Å². The van der Waals surface area contributed by atoms with E-state index in [0.717, 1.165) is 16.7 Å². The van der Waals surface area contributed by atoms with Crippen LogP contribution in [-0.2, 0) is 0 Å². The molecule has 25 heavy (non-hydrogen) atoms. The van der Waals surface area contributed by atoms with Gasteiger partial charge in [-0.15, -0.1) is 0 Å². The van der Waals surface area contributed by atoms with Crippen LogP contribution in [0.25, 0.3) is 34.2 Å². The molecule has 4 aromatic rings. The first kappa shape index (κ1) is 15.2. The maximum absolute atomic E-state index is 4.71. The van der Waals surface area contributed by atoms with Gasteiger partial charge in [0, 0.05) is 16.7 Å². The average molecular weight is 323 g/mol. The Morgan fingerprint density at radius 2 is 0.800 bits per heavy atom. The first-order chi connectivity index (χ1) is 12.3. The molecule has 0 radical (unpaired) electrons. The van der Waals surface area contributed by atoms with E-state index in [-0.39, 0.29) is 0 Å². The van der Waals surface area contributed by atoms with E-state index in [1.807, 2.05) is 72.8 Å². The fourth-order valence-corrected chi connectivity index (χ4v) is 2.64. The molecule has 0 aliphatic carbocycles. The fourth-order valence-electron chi connectivity index (χ4n) is 2.64. The number of rotatable bonds is 3. The summed E-state index contributed by atoms with van der Waals surface area (Å²) in [6.45, 7) is 2.07. The molecular formula is C22H17N3. The third-order valence-electron chi connectivity index (χ3n) is 4.01. The Balaban J connectivity index is 1.90. The van der Waals surface area contributed by atoms with Crippen molar-refractivity contribution in [3.05, 3.63) is 90.5 Å². The second kappa shape index (κ2) is 6.65. The molecule has 3 nitrogen and oxygen atoms in total. The second-order valence-corrected chi connectivity index (χ2v) is 5.90. The van der Waals surface area contributed by atoms with Crippen LogP contribution in [0.4, 0.5) is 0 Å². The van der Waals surface area contributed by atoms with E-state index < -0.39 is 0 Å². The summed E-state index contributed by atoms with van der Waals surface area (Å²) in [6, 6.07) is 28.3. The molecule has 0 saturated carbocycles. The van der Waals surface area contributed by atoms with Crippen LogP contribution < -0.4 is 0 Å². The average Bonchev–Trinajstić information content (AvgIpc) is 2.69. The normalized spacial score (nSPS) is 10.6. The monoisotopic (exact) mass is 323 g/mol. The minimum atomic E-state index is 0.685. The molecule has 0 bridgehead atoms. The Morgan fingerprint density at radius 3 is 1.20 bits per heavy atom. The minimum Gasteiger partial charge on any atom is -0.208 e. The van der Waals surface area contributed by atoms with Gasteiger partial charge in [-0.2, -0.15) is 0 Å². The predicted molar refractivity (Wildman–Crippen MR) is 101 cm³/mol. The molecule has 0 aliphatic rings. The van der Waals surface area contributed by atoms with Gasteiger partial charge in [0.2, 0.25) is 0 Å². The molecule has 0 fully saturated rings. The lowest BCUT2D eigenvalue weighted by Crippen LogP contribution is -2.00. The lowest BCUT2D eigenvalue weighted by atomic mass is 10.1. The number of hydrogen-bond donors (Lipinski definition) is 0. The first-order valence-electron chi connectivity index (χ1n) is 8.23. The number of aromatic nitrogens is 3. The van der Waals surface area contributed by atoms with Crippen LogP contribution in [0.1, 0.15) is 5.56 Å². The molecule has 3 heteroatoms. The van der Waals surface area contributed by atoms with Gasteiger partial charge in [0.05, 0.1) is 0 Å². The highest BCUT2D eigenvalue weighted by Gasteiger charge is 2.11. The zero-order valence-corrected chi connectivity index (χ0v) is 13.9. The van der Waals surface area contributed by atoms with Gasteiger partial charge < -0.3 is 0 Å². The smallest absolute Gasteiger partial charge is 0.164 e. The fraction of sp³-hybridized carbons (Fsp3) is 0.0455. The van der Waals surface area contributed by atoms with Crippen LogP contribution in [0.15, 0.2) is 84.9 Å². The molecule has 0 unspecified atom stereocenters. The van der Waals surface area contributed by atoms with Crippen molar-refractivity contribution in [2.24, 2.45) is 0 Å². The lowest BCUT2D eigenvalue weighted by molar-refractivity contribution is 1.07. The Bertz CT molecular complexity index is 921. The topological polar surface area (TPSA) is 38.7 Å². The molecule has 0 spiro atoms. The van der Waals surface area contributed by atoms with Gasteiger partial charge in [0.25, 0.3) is 0 Å². The van der Waals surface area contributed by atoms with E-state index in [1.54, 1.807) is 0 Å². The van der Waals surface area contributed by atoms with E-state index in [2.05, 4.69) is 19.1 Å². The third-order valence-corrected chi connectivity index (χ3v) is 4.01. The molecule has 0 atom stereocenters. The van der Waals surface area contributed by atoms with Crippen LogP contribution in [-0.4, -0.2) is 15.0 Å². The summed E-state index contributed by atoms with van der Waals surface area (Å²) in [6.07, 6.45) is 0. The molecule has 4 rings (SSSR count). The van der Waals surface area contributed by atoms with E-state index >= 15 is 0 Å². The number of nitrogens with zero attached hydrogens (tertiary/aromatic N) is 3. The van der Waals surface area contributed by atoms with Crippen molar-refractivity contribution in [2.75, 3.05) is 0 Å². The Labute approximate surface area is 147 Å². The van der Waals surface area contributed by atoms with Crippen molar-refractivity contribution in [3.8, 4) is 34.2 Å². The van der Waals surface area contributed by atoms with Crippen LogP contribution in [0.5, 0.6) is 0 Å².